The van der Waals surface area contributed by atoms with E-state index in [0.29, 0.717) is 22.6 Å². The van der Waals surface area contributed by atoms with Crippen LogP contribution < -0.4 is 5.32 Å². The maximum absolute atomic E-state index is 13.2. The van der Waals surface area contributed by atoms with Gasteiger partial charge in [0.1, 0.15) is 16.5 Å². The SMILES string of the molecule is Cc1nn(-c2ccc(F)cc2)c(Cl)c1C(=O)Nc1ccc(C(=O)N2CCCC2)cc1. The van der Waals surface area contributed by atoms with Gasteiger partial charge in [0.15, 0.2) is 0 Å². The number of benzene rings is 2. The number of nitrogens with one attached hydrogen (secondary N) is 1. The van der Waals surface area contributed by atoms with Gasteiger partial charge >= 0.3 is 0 Å². The van der Waals surface area contributed by atoms with Gasteiger partial charge in [0, 0.05) is 24.3 Å². The van der Waals surface area contributed by atoms with Crippen LogP contribution in [0.4, 0.5) is 10.1 Å². The number of carbonyl (C=O) groups excluding carboxylic acids is 2. The molecule has 0 spiro atoms. The van der Waals surface area contributed by atoms with Crippen molar-refractivity contribution in [3.8, 4) is 5.69 Å². The Balaban J connectivity index is 1.51. The van der Waals surface area contributed by atoms with E-state index in [0.717, 1.165) is 25.9 Å². The van der Waals surface area contributed by atoms with Crippen molar-refractivity contribution in [1.82, 2.24) is 14.7 Å². The molecular formula is C22H20ClFN4O2. The molecule has 1 N–H and O–H groups in total. The van der Waals surface area contributed by atoms with Gasteiger partial charge in [-0.15, -0.1) is 0 Å². The molecule has 0 aliphatic carbocycles. The number of likely N-dealkylation sites (tertiary alicyclic amines) is 1. The molecule has 0 bridgehead atoms. The molecule has 0 saturated carbocycles. The molecule has 154 valence electrons. The van der Waals surface area contributed by atoms with Crippen LogP contribution in [0.5, 0.6) is 0 Å². The molecule has 2 heterocycles. The number of carbonyl (C=O) groups is 2. The van der Waals surface area contributed by atoms with Crippen LogP contribution in [0.2, 0.25) is 5.15 Å². The van der Waals surface area contributed by atoms with Gasteiger partial charge in [0.25, 0.3) is 11.8 Å². The maximum Gasteiger partial charge on any atom is 0.260 e. The minimum absolute atomic E-state index is 0.00448. The number of aryl methyl sites for hydroxylation is 1. The van der Waals surface area contributed by atoms with E-state index in [9.17, 15) is 14.0 Å². The van der Waals surface area contributed by atoms with E-state index in [-0.39, 0.29) is 22.4 Å². The normalized spacial score (nSPS) is 13.5. The molecule has 4 rings (SSSR count). The first-order valence-corrected chi connectivity index (χ1v) is 10.0. The van der Waals surface area contributed by atoms with Crippen LogP contribution in [-0.4, -0.2) is 39.6 Å². The Morgan fingerprint density at radius 2 is 1.67 bits per heavy atom. The van der Waals surface area contributed by atoms with Gasteiger partial charge in [0.05, 0.1) is 11.4 Å². The van der Waals surface area contributed by atoms with E-state index in [1.165, 1.54) is 28.9 Å². The largest absolute Gasteiger partial charge is 0.339 e. The summed E-state index contributed by atoms with van der Waals surface area (Å²) in [5.41, 5.74) is 2.37. The van der Waals surface area contributed by atoms with Crippen molar-refractivity contribution in [1.29, 1.82) is 0 Å². The Hall–Kier alpha value is -3.19. The van der Waals surface area contributed by atoms with Crippen molar-refractivity contribution < 1.29 is 14.0 Å². The molecule has 2 amide bonds. The van der Waals surface area contributed by atoms with Gasteiger partial charge in [0.2, 0.25) is 0 Å². The molecule has 1 aliphatic rings. The number of anilines is 1. The van der Waals surface area contributed by atoms with E-state index in [1.54, 1.807) is 31.2 Å². The highest BCUT2D eigenvalue weighted by atomic mass is 35.5. The molecular weight excluding hydrogens is 407 g/mol. The van der Waals surface area contributed by atoms with E-state index < -0.39 is 5.91 Å². The summed E-state index contributed by atoms with van der Waals surface area (Å²) in [5.74, 6) is -0.780. The first-order chi connectivity index (χ1) is 14.4. The molecule has 1 aromatic heterocycles. The Morgan fingerprint density at radius 3 is 2.30 bits per heavy atom. The van der Waals surface area contributed by atoms with Crippen molar-refractivity contribution >= 4 is 29.1 Å². The average molecular weight is 427 g/mol. The highest BCUT2D eigenvalue weighted by Crippen LogP contribution is 2.25. The second kappa shape index (κ2) is 8.28. The van der Waals surface area contributed by atoms with Crippen LogP contribution in [0.25, 0.3) is 5.69 Å². The molecule has 30 heavy (non-hydrogen) atoms. The van der Waals surface area contributed by atoms with Crippen LogP contribution in [0.1, 0.15) is 39.3 Å². The Labute approximate surface area is 178 Å². The summed E-state index contributed by atoms with van der Waals surface area (Å²) in [7, 11) is 0. The number of hydrogen-bond acceptors (Lipinski definition) is 3. The third-order valence-electron chi connectivity index (χ3n) is 5.09. The summed E-state index contributed by atoms with van der Waals surface area (Å²) in [4.78, 5) is 27.1. The van der Waals surface area contributed by atoms with Crippen molar-refractivity contribution in [3.05, 3.63) is 76.3 Å². The lowest BCUT2D eigenvalue weighted by molar-refractivity contribution is 0.0792. The zero-order valence-corrected chi connectivity index (χ0v) is 17.1. The van der Waals surface area contributed by atoms with Gasteiger partial charge in [-0.1, -0.05) is 11.6 Å². The predicted octanol–water partition coefficient (Wildman–Crippen LogP) is 4.46. The summed E-state index contributed by atoms with van der Waals surface area (Å²) < 4.78 is 14.6. The Kier molecular flexibility index (Phi) is 5.55. The standard InChI is InChI=1S/C22H20ClFN4O2/c1-14-19(20(23)28(26-14)18-10-6-16(24)7-11-18)21(29)25-17-8-4-15(5-9-17)22(30)27-12-2-3-13-27/h4-11H,2-3,12-13H2,1H3,(H,25,29). The third kappa shape index (κ3) is 3.93. The molecule has 0 unspecified atom stereocenters. The summed E-state index contributed by atoms with van der Waals surface area (Å²) in [6.45, 7) is 3.25. The van der Waals surface area contributed by atoms with Crippen LogP contribution >= 0.6 is 11.6 Å². The summed E-state index contributed by atoms with van der Waals surface area (Å²) in [6.07, 6.45) is 2.07. The second-order valence-corrected chi connectivity index (χ2v) is 7.53. The molecule has 1 aliphatic heterocycles. The topological polar surface area (TPSA) is 67.2 Å². The fraction of sp³-hybridized carbons (Fsp3) is 0.227. The van der Waals surface area contributed by atoms with Crippen LogP contribution in [0.15, 0.2) is 48.5 Å². The highest BCUT2D eigenvalue weighted by molar-refractivity contribution is 6.34. The van der Waals surface area contributed by atoms with Crippen LogP contribution in [-0.2, 0) is 0 Å². The number of halogens is 2. The lowest BCUT2D eigenvalue weighted by Crippen LogP contribution is -2.27. The first kappa shape index (κ1) is 20.1. The Morgan fingerprint density at radius 1 is 1.03 bits per heavy atom. The van der Waals surface area contributed by atoms with E-state index >= 15 is 0 Å². The number of hydrogen-bond donors (Lipinski definition) is 1. The lowest BCUT2D eigenvalue weighted by atomic mass is 10.1. The monoisotopic (exact) mass is 426 g/mol. The molecule has 6 nitrogen and oxygen atoms in total. The minimum Gasteiger partial charge on any atom is -0.339 e. The smallest absolute Gasteiger partial charge is 0.260 e. The van der Waals surface area contributed by atoms with Crippen LogP contribution in [0, 0.1) is 12.7 Å². The fourth-order valence-electron chi connectivity index (χ4n) is 3.50. The quantitative estimate of drug-likeness (QED) is 0.669. The Bertz CT molecular complexity index is 1090. The summed E-state index contributed by atoms with van der Waals surface area (Å²) in [5, 5.41) is 7.23. The predicted molar refractivity (Wildman–Crippen MR) is 113 cm³/mol. The summed E-state index contributed by atoms with van der Waals surface area (Å²) in [6, 6.07) is 12.4. The zero-order valence-electron chi connectivity index (χ0n) is 16.4. The number of aromatic nitrogens is 2. The number of amides is 2. The molecule has 0 atom stereocenters. The fourth-order valence-corrected chi connectivity index (χ4v) is 3.86. The van der Waals surface area contributed by atoms with Crippen molar-refractivity contribution in [3.63, 3.8) is 0 Å². The lowest BCUT2D eigenvalue weighted by Gasteiger charge is -2.15. The van der Waals surface area contributed by atoms with Gasteiger partial charge in [-0.25, -0.2) is 9.07 Å². The number of nitrogens with zero attached hydrogens (tertiary/aromatic N) is 3. The molecule has 1 fully saturated rings. The molecule has 1 saturated heterocycles. The van der Waals surface area contributed by atoms with Crippen molar-refractivity contribution in [2.24, 2.45) is 0 Å². The van der Waals surface area contributed by atoms with E-state index in [2.05, 4.69) is 10.4 Å². The number of rotatable bonds is 4. The second-order valence-electron chi connectivity index (χ2n) is 7.17. The van der Waals surface area contributed by atoms with Gasteiger partial charge in [-0.2, -0.15) is 5.10 Å². The van der Waals surface area contributed by atoms with Crippen LogP contribution in [0.3, 0.4) is 0 Å². The molecule has 0 radical (unpaired) electrons. The maximum atomic E-state index is 13.2. The third-order valence-corrected chi connectivity index (χ3v) is 5.43. The van der Waals surface area contributed by atoms with E-state index in [1.807, 2.05) is 4.90 Å². The summed E-state index contributed by atoms with van der Waals surface area (Å²) >= 11 is 6.40. The zero-order chi connectivity index (χ0) is 21.3. The average Bonchev–Trinajstić information content (AvgIpc) is 3.37. The molecule has 3 aromatic rings. The van der Waals surface area contributed by atoms with E-state index in [4.69, 9.17) is 11.6 Å². The molecule has 8 heteroatoms. The van der Waals surface area contributed by atoms with Crippen molar-refractivity contribution in [2.45, 2.75) is 19.8 Å². The first-order valence-electron chi connectivity index (χ1n) is 9.66. The van der Waals surface area contributed by atoms with Gasteiger partial charge < -0.3 is 10.2 Å². The highest BCUT2D eigenvalue weighted by Gasteiger charge is 2.22. The molecule has 2 aromatic carbocycles. The minimum atomic E-state index is -0.413. The van der Waals surface area contributed by atoms with Gasteiger partial charge in [-0.05, 0) is 68.3 Å². The van der Waals surface area contributed by atoms with Gasteiger partial charge in [-0.3, -0.25) is 9.59 Å². The van der Waals surface area contributed by atoms with Crippen molar-refractivity contribution in [2.75, 3.05) is 18.4 Å².